The van der Waals surface area contributed by atoms with Crippen molar-refractivity contribution < 1.29 is 14.3 Å². The Hall–Kier alpha value is -2.82. The van der Waals surface area contributed by atoms with Gasteiger partial charge >= 0.3 is 0 Å². The van der Waals surface area contributed by atoms with Crippen molar-refractivity contribution in [3.63, 3.8) is 0 Å². The zero-order valence-corrected chi connectivity index (χ0v) is 14.8. The van der Waals surface area contributed by atoms with Crippen molar-refractivity contribution in [3.05, 3.63) is 64.7 Å². The molecule has 2 rings (SSSR count). The standard InChI is InChI=1S/C20H24N2O3/c1-13-9-10-14(2)19(15(13)3)25-12-18(23)22-17(20(21)24)11-16-7-5-4-6-8-16/h4-10,17H,11-12H2,1-3H3,(H2,21,24)(H,22,23)/t17-/m0/s1. The van der Waals surface area contributed by atoms with E-state index in [4.69, 9.17) is 10.5 Å². The lowest BCUT2D eigenvalue weighted by Crippen LogP contribution is -2.47. The second-order valence-corrected chi connectivity index (χ2v) is 6.15. The highest BCUT2D eigenvalue weighted by Gasteiger charge is 2.19. The summed E-state index contributed by atoms with van der Waals surface area (Å²) in [6.45, 7) is 5.72. The van der Waals surface area contributed by atoms with Crippen LogP contribution in [0.5, 0.6) is 5.75 Å². The topological polar surface area (TPSA) is 81.4 Å². The molecule has 3 N–H and O–H groups in total. The Morgan fingerprint density at radius 2 is 1.68 bits per heavy atom. The molecule has 2 amide bonds. The van der Waals surface area contributed by atoms with Crippen molar-refractivity contribution in [2.24, 2.45) is 5.73 Å². The van der Waals surface area contributed by atoms with Gasteiger partial charge in [0.2, 0.25) is 5.91 Å². The summed E-state index contributed by atoms with van der Waals surface area (Å²) >= 11 is 0. The maximum absolute atomic E-state index is 12.2. The zero-order valence-electron chi connectivity index (χ0n) is 14.8. The number of benzene rings is 2. The molecule has 25 heavy (non-hydrogen) atoms. The van der Waals surface area contributed by atoms with Gasteiger partial charge in [-0.15, -0.1) is 0 Å². The van der Waals surface area contributed by atoms with E-state index in [1.165, 1.54) is 0 Å². The lowest BCUT2D eigenvalue weighted by molar-refractivity contribution is -0.128. The van der Waals surface area contributed by atoms with Crippen LogP contribution in [0.2, 0.25) is 0 Å². The first-order valence-corrected chi connectivity index (χ1v) is 8.20. The summed E-state index contributed by atoms with van der Waals surface area (Å²) in [5.74, 6) is -0.242. The van der Waals surface area contributed by atoms with Crippen molar-refractivity contribution >= 4 is 11.8 Å². The molecular weight excluding hydrogens is 316 g/mol. The molecule has 0 heterocycles. The van der Waals surface area contributed by atoms with Crippen LogP contribution >= 0.6 is 0 Å². The summed E-state index contributed by atoms with van der Waals surface area (Å²) in [5.41, 5.74) is 9.41. The molecule has 0 aromatic heterocycles. The molecule has 1 atom stereocenters. The minimum atomic E-state index is -0.766. The van der Waals surface area contributed by atoms with E-state index in [0.717, 1.165) is 22.3 Å². The van der Waals surface area contributed by atoms with Gasteiger partial charge in [0.25, 0.3) is 5.91 Å². The van der Waals surface area contributed by atoms with Crippen LogP contribution in [0.4, 0.5) is 0 Å². The third-order valence-electron chi connectivity index (χ3n) is 4.18. The summed E-state index contributed by atoms with van der Waals surface area (Å²) in [7, 11) is 0. The Balaban J connectivity index is 1.98. The third kappa shape index (κ3) is 5.08. The average Bonchev–Trinajstić information content (AvgIpc) is 2.58. The van der Waals surface area contributed by atoms with E-state index >= 15 is 0 Å². The molecule has 0 aliphatic carbocycles. The van der Waals surface area contributed by atoms with E-state index in [9.17, 15) is 9.59 Å². The fraction of sp³-hybridized carbons (Fsp3) is 0.300. The summed E-state index contributed by atoms with van der Waals surface area (Å²) < 4.78 is 5.68. The van der Waals surface area contributed by atoms with Gasteiger partial charge in [-0.05, 0) is 43.0 Å². The first kappa shape index (κ1) is 18.5. The molecule has 5 heteroatoms. The zero-order chi connectivity index (χ0) is 18.4. The lowest BCUT2D eigenvalue weighted by atomic mass is 10.1. The Morgan fingerprint density at radius 1 is 1.04 bits per heavy atom. The number of amides is 2. The molecule has 5 nitrogen and oxygen atoms in total. The van der Waals surface area contributed by atoms with E-state index in [1.807, 2.05) is 63.2 Å². The number of hydrogen-bond acceptors (Lipinski definition) is 3. The molecule has 0 unspecified atom stereocenters. The highest BCUT2D eigenvalue weighted by Crippen LogP contribution is 2.25. The Labute approximate surface area is 148 Å². The van der Waals surface area contributed by atoms with E-state index in [2.05, 4.69) is 5.32 Å². The van der Waals surface area contributed by atoms with Crippen LogP contribution in [0, 0.1) is 20.8 Å². The minimum Gasteiger partial charge on any atom is -0.483 e. The molecule has 0 radical (unpaired) electrons. The van der Waals surface area contributed by atoms with Gasteiger partial charge in [-0.2, -0.15) is 0 Å². The summed E-state index contributed by atoms with van der Waals surface area (Å²) in [6, 6.07) is 12.6. The molecule has 0 saturated carbocycles. The fourth-order valence-corrected chi connectivity index (χ4v) is 2.59. The van der Waals surface area contributed by atoms with Gasteiger partial charge in [0.1, 0.15) is 11.8 Å². The molecule has 2 aromatic rings. The van der Waals surface area contributed by atoms with Gasteiger partial charge in [0.15, 0.2) is 6.61 Å². The van der Waals surface area contributed by atoms with Crippen molar-refractivity contribution in [1.82, 2.24) is 5.32 Å². The number of primary amides is 1. The van der Waals surface area contributed by atoms with Crippen molar-refractivity contribution in [1.29, 1.82) is 0 Å². The van der Waals surface area contributed by atoms with Crippen LogP contribution < -0.4 is 15.8 Å². The minimum absolute atomic E-state index is 0.163. The molecule has 132 valence electrons. The molecular formula is C20H24N2O3. The van der Waals surface area contributed by atoms with E-state index in [0.29, 0.717) is 12.2 Å². The van der Waals surface area contributed by atoms with Gasteiger partial charge in [0, 0.05) is 6.42 Å². The monoisotopic (exact) mass is 340 g/mol. The summed E-state index contributed by atoms with van der Waals surface area (Å²) in [4.78, 5) is 23.8. The van der Waals surface area contributed by atoms with Crippen LogP contribution in [0.25, 0.3) is 0 Å². The normalized spacial score (nSPS) is 11.6. The number of rotatable bonds is 7. The Kier molecular flexibility index (Phi) is 6.17. The van der Waals surface area contributed by atoms with Gasteiger partial charge in [-0.3, -0.25) is 9.59 Å². The highest BCUT2D eigenvalue weighted by molar-refractivity contribution is 5.87. The highest BCUT2D eigenvalue weighted by atomic mass is 16.5. The maximum Gasteiger partial charge on any atom is 0.258 e. The van der Waals surface area contributed by atoms with Crippen molar-refractivity contribution in [2.45, 2.75) is 33.2 Å². The van der Waals surface area contributed by atoms with Gasteiger partial charge in [0.05, 0.1) is 0 Å². The second-order valence-electron chi connectivity index (χ2n) is 6.15. The predicted molar refractivity (Wildman–Crippen MR) is 97.4 cm³/mol. The lowest BCUT2D eigenvalue weighted by Gasteiger charge is -2.17. The molecule has 0 aliphatic heterocycles. The number of nitrogens with one attached hydrogen (secondary N) is 1. The molecule has 0 bridgehead atoms. The van der Waals surface area contributed by atoms with E-state index in [-0.39, 0.29) is 12.5 Å². The van der Waals surface area contributed by atoms with E-state index in [1.54, 1.807) is 0 Å². The van der Waals surface area contributed by atoms with Crippen LogP contribution in [-0.2, 0) is 16.0 Å². The SMILES string of the molecule is Cc1ccc(C)c(OCC(=O)N[C@@H](Cc2ccccc2)C(N)=O)c1C. The first-order chi connectivity index (χ1) is 11.9. The number of hydrogen-bond donors (Lipinski definition) is 2. The van der Waals surface area contributed by atoms with Crippen LogP contribution in [0.1, 0.15) is 22.3 Å². The average molecular weight is 340 g/mol. The van der Waals surface area contributed by atoms with E-state index < -0.39 is 11.9 Å². The number of aryl methyl sites for hydroxylation is 2. The molecule has 0 aliphatic rings. The quantitative estimate of drug-likeness (QED) is 0.811. The van der Waals surface area contributed by atoms with Crippen LogP contribution in [0.15, 0.2) is 42.5 Å². The molecule has 2 aromatic carbocycles. The van der Waals surface area contributed by atoms with Crippen molar-refractivity contribution in [3.8, 4) is 5.75 Å². The predicted octanol–water partition coefficient (Wildman–Crippen LogP) is 2.20. The van der Waals surface area contributed by atoms with Crippen LogP contribution in [-0.4, -0.2) is 24.5 Å². The number of nitrogens with two attached hydrogens (primary N) is 1. The number of carbonyl (C=O) groups is 2. The number of ether oxygens (including phenoxy) is 1. The molecule has 0 saturated heterocycles. The molecule has 0 fully saturated rings. The Morgan fingerprint density at radius 3 is 2.32 bits per heavy atom. The van der Waals surface area contributed by atoms with Gasteiger partial charge < -0.3 is 15.8 Å². The smallest absolute Gasteiger partial charge is 0.258 e. The molecule has 0 spiro atoms. The number of carbonyl (C=O) groups excluding carboxylic acids is 2. The van der Waals surface area contributed by atoms with Gasteiger partial charge in [-0.25, -0.2) is 0 Å². The van der Waals surface area contributed by atoms with Gasteiger partial charge in [-0.1, -0.05) is 42.5 Å². The van der Waals surface area contributed by atoms with Crippen LogP contribution in [0.3, 0.4) is 0 Å². The second kappa shape index (κ2) is 8.33. The Bertz CT molecular complexity index is 757. The largest absolute Gasteiger partial charge is 0.483 e. The maximum atomic E-state index is 12.2. The summed E-state index contributed by atoms with van der Waals surface area (Å²) in [6.07, 6.45) is 0.352. The fourth-order valence-electron chi connectivity index (χ4n) is 2.59. The third-order valence-corrected chi connectivity index (χ3v) is 4.18. The summed E-state index contributed by atoms with van der Waals surface area (Å²) in [5, 5.41) is 2.65. The van der Waals surface area contributed by atoms with Crippen molar-refractivity contribution in [2.75, 3.05) is 6.61 Å². The first-order valence-electron chi connectivity index (χ1n) is 8.20.